The first-order valence-corrected chi connectivity index (χ1v) is 11.5. The Morgan fingerprint density at radius 2 is 1.82 bits per heavy atom. The summed E-state index contributed by atoms with van der Waals surface area (Å²) in [6, 6.07) is 20.8. The van der Waals surface area contributed by atoms with Gasteiger partial charge in [-0.25, -0.2) is 4.98 Å². The first-order valence-electron chi connectivity index (χ1n) is 10.7. The minimum Gasteiger partial charge on any atom is -0.319 e. The number of anilines is 1. The average molecular weight is 475 g/mol. The molecule has 0 bridgehead atoms. The number of nitro benzene ring substituents is 1. The molecule has 0 aliphatic heterocycles. The van der Waals surface area contributed by atoms with Crippen molar-refractivity contribution in [3.63, 3.8) is 0 Å². The maximum Gasteiger partial charge on any atom is 0.293 e. The van der Waals surface area contributed by atoms with Crippen LogP contribution < -0.4 is 10.9 Å². The van der Waals surface area contributed by atoms with E-state index in [2.05, 4.69) is 10.3 Å². The van der Waals surface area contributed by atoms with Crippen LogP contribution in [0.2, 0.25) is 0 Å². The highest BCUT2D eigenvalue weighted by atomic mass is 32.2. The molecular formula is C25H22N4O4S. The highest BCUT2D eigenvalue weighted by molar-refractivity contribution is 8.00. The Kier molecular flexibility index (Phi) is 6.74. The van der Waals surface area contributed by atoms with Gasteiger partial charge in [-0.05, 0) is 43.2 Å². The van der Waals surface area contributed by atoms with Crippen molar-refractivity contribution in [1.29, 1.82) is 0 Å². The summed E-state index contributed by atoms with van der Waals surface area (Å²) in [6.45, 7) is 3.97. The molecular weight excluding hydrogens is 452 g/mol. The SMILES string of the molecule is CCn1c(SC(C(=O)Nc2ccc(C)cc2[N+](=O)[O-])c2ccccc2)nc2ccccc2c1=O. The van der Waals surface area contributed by atoms with Gasteiger partial charge in [-0.3, -0.25) is 24.3 Å². The van der Waals surface area contributed by atoms with Gasteiger partial charge < -0.3 is 5.32 Å². The third-order valence-electron chi connectivity index (χ3n) is 5.31. The Hall–Kier alpha value is -3.98. The molecule has 4 aromatic rings. The number of fused-ring (bicyclic) bond motifs is 1. The monoisotopic (exact) mass is 474 g/mol. The third kappa shape index (κ3) is 4.69. The topological polar surface area (TPSA) is 107 Å². The van der Waals surface area contributed by atoms with Gasteiger partial charge in [0.25, 0.3) is 11.2 Å². The lowest BCUT2D eigenvalue weighted by molar-refractivity contribution is -0.384. The second-order valence-electron chi connectivity index (χ2n) is 7.64. The first-order chi connectivity index (χ1) is 16.4. The van der Waals surface area contributed by atoms with Crippen LogP contribution >= 0.6 is 11.8 Å². The van der Waals surface area contributed by atoms with Gasteiger partial charge in [0.1, 0.15) is 10.9 Å². The van der Waals surface area contributed by atoms with E-state index in [0.29, 0.717) is 33.7 Å². The summed E-state index contributed by atoms with van der Waals surface area (Å²) >= 11 is 1.14. The molecule has 3 aromatic carbocycles. The fourth-order valence-electron chi connectivity index (χ4n) is 3.62. The van der Waals surface area contributed by atoms with E-state index in [1.54, 1.807) is 49.4 Å². The number of para-hydroxylation sites is 1. The minimum atomic E-state index is -0.798. The standard InChI is InChI=1S/C25H22N4O4S/c1-3-28-24(31)18-11-7-8-12-19(18)27-25(28)34-22(17-9-5-4-6-10-17)23(30)26-20-14-13-16(2)15-21(20)29(32)33/h4-15,22H,3H2,1-2H3,(H,26,30). The minimum absolute atomic E-state index is 0.112. The van der Waals surface area contributed by atoms with E-state index in [4.69, 9.17) is 0 Å². The summed E-state index contributed by atoms with van der Waals surface area (Å²) in [5, 5.41) is 14.3. The van der Waals surface area contributed by atoms with Crippen LogP contribution in [-0.4, -0.2) is 20.4 Å². The van der Waals surface area contributed by atoms with Crippen LogP contribution in [0.1, 0.15) is 23.3 Å². The molecule has 1 N–H and O–H groups in total. The highest BCUT2D eigenvalue weighted by Gasteiger charge is 2.27. The predicted molar refractivity (Wildman–Crippen MR) is 133 cm³/mol. The largest absolute Gasteiger partial charge is 0.319 e. The third-order valence-corrected chi connectivity index (χ3v) is 6.56. The summed E-state index contributed by atoms with van der Waals surface area (Å²) in [6.07, 6.45) is 0. The van der Waals surface area contributed by atoms with Gasteiger partial charge in [0, 0.05) is 12.6 Å². The molecule has 0 spiro atoms. The van der Waals surface area contributed by atoms with Crippen molar-refractivity contribution in [1.82, 2.24) is 9.55 Å². The number of amides is 1. The van der Waals surface area contributed by atoms with Gasteiger partial charge in [-0.2, -0.15) is 0 Å². The van der Waals surface area contributed by atoms with Crippen molar-refractivity contribution >= 4 is 39.9 Å². The number of nitrogens with zero attached hydrogens (tertiary/aromatic N) is 3. The molecule has 1 atom stereocenters. The zero-order valence-electron chi connectivity index (χ0n) is 18.6. The van der Waals surface area contributed by atoms with Crippen LogP contribution in [0.4, 0.5) is 11.4 Å². The van der Waals surface area contributed by atoms with E-state index in [1.807, 2.05) is 25.1 Å². The van der Waals surface area contributed by atoms with Crippen LogP contribution in [0, 0.1) is 17.0 Å². The van der Waals surface area contributed by atoms with Crippen molar-refractivity contribution in [3.05, 3.63) is 104 Å². The van der Waals surface area contributed by atoms with E-state index in [0.717, 1.165) is 11.8 Å². The molecule has 1 amide bonds. The lowest BCUT2D eigenvalue weighted by atomic mass is 10.1. The average Bonchev–Trinajstić information content (AvgIpc) is 2.84. The number of carbonyl (C=O) groups is 1. The fraction of sp³-hybridized carbons (Fsp3) is 0.160. The van der Waals surface area contributed by atoms with E-state index in [9.17, 15) is 19.7 Å². The molecule has 0 radical (unpaired) electrons. The molecule has 34 heavy (non-hydrogen) atoms. The number of aromatic nitrogens is 2. The van der Waals surface area contributed by atoms with E-state index < -0.39 is 16.1 Å². The van der Waals surface area contributed by atoms with Crippen LogP contribution in [0.15, 0.2) is 82.7 Å². The number of nitro groups is 1. The number of thioether (sulfide) groups is 1. The Balaban J connectivity index is 1.77. The van der Waals surface area contributed by atoms with Gasteiger partial charge in [0.2, 0.25) is 5.91 Å². The van der Waals surface area contributed by atoms with E-state index in [-0.39, 0.29) is 16.9 Å². The Morgan fingerprint density at radius 3 is 2.53 bits per heavy atom. The van der Waals surface area contributed by atoms with Crippen molar-refractivity contribution in [2.24, 2.45) is 0 Å². The van der Waals surface area contributed by atoms with Crippen LogP contribution in [0.25, 0.3) is 10.9 Å². The van der Waals surface area contributed by atoms with E-state index >= 15 is 0 Å². The molecule has 0 fully saturated rings. The van der Waals surface area contributed by atoms with Gasteiger partial charge in [-0.1, -0.05) is 60.3 Å². The van der Waals surface area contributed by atoms with Crippen LogP contribution in [0.3, 0.4) is 0 Å². The normalized spacial score (nSPS) is 11.8. The Morgan fingerprint density at radius 1 is 1.12 bits per heavy atom. The second kappa shape index (κ2) is 9.88. The molecule has 0 saturated heterocycles. The Bertz CT molecular complexity index is 1440. The summed E-state index contributed by atoms with van der Waals surface area (Å²) < 4.78 is 1.53. The molecule has 0 saturated carbocycles. The van der Waals surface area contributed by atoms with E-state index in [1.165, 1.54) is 16.7 Å². The number of benzene rings is 3. The molecule has 1 unspecified atom stereocenters. The van der Waals surface area contributed by atoms with Crippen LogP contribution in [0.5, 0.6) is 0 Å². The maximum atomic E-state index is 13.5. The summed E-state index contributed by atoms with van der Waals surface area (Å²) in [4.78, 5) is 42.2. The number of carbonyl (C=O) groups excluding carboxylic acids is 1. The lowest BCUT2D eigenvalue weighted by Crippen LogP contribution is -2.25. The Labute approximate surface area is 199 Å². The van der Waals surface area contributed by atoms with Crippen LogP contribution in [-0.2, 0) is 11.3 Å². The first kappa shape index (κ1) is 23.2. The van der Waals surface area contributed by atoms with Crippen molar-refractivity contribution in [2.75, 3.05) is 5.32 Å². The molecule has 0 aliphatic rings. The number of aryl methyl sites for hydroxylation is 1. The fourth-order valence-corrected chi connectivity index (χ4v) is 4.78. The summed E-state index contributed by atoms with van der Waals surface area (Å²) in [7, 11) is 0. The highest BCUT2D eigenvalue weighted by Crippen LogP contribution is 2.36. The number of rotatable bonds is 7. The molecule has 1 aromatic heterocycles. The quantitative estimate of drug-likeness (QED) is 0.173. The molecule has 172 valence electrons. The van der Waals surface area contributed by atoms with Gasteiger partial charge in [-0.15, -0.1) is 0 Å². The molecule has 1 heterocycles. The zero-order valence-corrected chi connectivity index (χ0v) is 19.4. The maximum absolute atomic E-state index is 13.5. The molecule has 0 aliphatic carbocycles. The van der Waals surface area contributed by atoms with Crippen molar-refractivity contribution < 1.29 is 9.72 Å². The van der Waals surface area contributed by atoms with Gasteiger partial charge >= 0.3 is 0 Å². The number of nitrogens with one attached hydrogen (secondary N) is 1. The molecule has 9 heteroatoms. The molecule has 8 nitrogen and oxygen atoms in total. The predicted octanol–water partition coefficient (Wildman–Crippen LogP) is 5.11. The van der Waals surface area contributed by atoms with Crippen molar-refractivity contribution in [2.45, 2.75) is 30.8 Å². The lowest BCUT2D eigenvalue weighted by Gasteiger charge is -2.19. The van der Waals surface area contributed by atoms with Gasteiger partial charge in [0.05, 0.1) is 15.8 Å². The molecule has 4 rings (SSSR count). The smallest absolute Gasteiger partial charge is 0.293 e. The summed E-state index contributed by atoms with van der Waals surface area (Å²) in [5.41, 5.74) is 1.69. The number of hydrogen-bond acceptors (Lipinski definition) is 6. The zero-order chi connectivity index (χ0) is 24.2. The van der Waals surface area contributed by atoms with Crippen molar-refractivity contribution in [3.8, 4) is 0 Å². The summed E-state index contributed by atoms with van der Waals surface area (Å²) in [5.74, 6) is -0.451. The van der Waals surface area contributed by atoms with Gasteiger partial charge in [0.15, 0.2) is 5.16 Å². The second-order valence-corrected chi connectivity index (χ2v) is 8.71. The number of hydrogen-bond donors (Lipinski definition) is 1.